The van der Waals surface area contributed by atoms with Crippen LogP contribution in [0.25, 0.3) is 0 Å². The van der Waals surface area contributed by atoms with Crippen molar-refractivity contribution >= 4 is 40.8 Å². The minimum atomic E-state index is -0.926. The molecule has 2 atom stereocenters. The van der Waals surface area contributed by atoms with Crippen molar-refractivity contribution < 1.29 is 19.5 Å². The molecule has 0 unspecified atom stereocenters. The number of amides is 2. The molecule has 2 amide bonds. The number of nitrogens with one attached hydrogen (secondary N) is 2. The molecule has 1 aliphatic rings. The van der Waals surface area contributed by atoms with Gasteiger partial charge in [0.05, 0.1) is 11.8 Å². The van der Waals surface area contributed by atoms with E-state index < -0.39 is 17.8 Å². The summed E-state index contributed by atoms with van der Waals surface area (Å²) in [7, 11) is 0. The number of carboxylic acids is 1. The Labute approximate surface area is 174 Å². The lowest BCUT2D eigenvalue weighted by Gasteiger charge is -2.27. The van der Waals surface area contributed by atoms with Gasteiger partial charge >= 0.3 is 5.97 Å². The summed E-state index contributed by atoms with van der Waals surface area (Å²) in [6.07, 6.45) is 2.75. The van der Waals surface area contributed by atoms with E-state index in [1.165, 1.54) is 0 Å². The minimum Gasteiger partial charge on any atom is -0.481 e. The van der Waals surface area contributed by atoms with Gasteiger partial charge in [-0.3, -0.25) is 14.4 Å². The van der Waals surface area contributed by atoms with E-state index in [1.54, 1.807) is 42.5 Å². The van der Waals surface area contributed by atoms with E-state index in [4.69, 9.17) is 11.6 Å². The molecule has 0 bridgehead atoms. The fraction of sp³-hybridized carbons (Fsp3) is 0.318. The van der Waals surface area contributed by atoms with E-state index in [-0.39, 0.29) is 11.8 Å². The number of benzene rings is 2. The number of rotatable bonds is 5. The van der Waals surface area contributed by atoms with Crippen LogP contribution < -0.4 is 10.6 Å². The third-order valence-electron chi connectivity index (χ3n) is 5.28. The maximum Gasteiger partial charge on any atom is 0.307 e. The van der Waals surface area contributed by atoms with Crippen molar-refractivity contribution in [3.8, 4) is 0 Å². The third-order valence-corrected chi connectivity index (χ3v) is 5.53. The van der Waals surface area contributed by atoms with E-state index in [1.807, 2.05) is 6.92 Å². The summed E-state index contributed by atoms with van der Waals surface area (Å²) in [5.41, 5.74) is 2.39. The lowest BCUT2D eigenvalue weighted by atomic mass is 9.78. The van der Waals surface area contributed by atoms with Gasteiger partial charge in [-0.2, -0.15) is 0 Å². The summed E-state index contributed by atoms with van der Waals surface area (Å²) in [5.74, 6) is -2.71. The van der Waals surface area contributed by atoms with Crippen LogP contribution in [0.5, 0.6) is 0 Å². The number of carbonyl (C=O) groups is 3. The van der Waals surface area contributed by atoms with Crippen molar-refractivity contribution in [2.24, 2.45) is 11.8 Å². The van der Waals surface area contributed by atoms with Gasteiger partial charge in [0.15, 0.2) is 0 Å². The Morgan fingerprint density at radius 1 is 0.966 bits per heavy atom. The quantitative estimate of drug-likeness (QED) is 0.659. The molecule has 7 heteroatoms. The van der Waals surface area contributed by atoms with Crippen LogP contribution in [-0.2, 0) is 9.59 Å². The van der Waals surface area contributed by atoms with Crippen LogP contribution in [0.1, 0.15) is 41.6 Å². The number of anilines is 2. The summed E-state index contributed by atoms with van der Waals surface area (Å²) >= 11 is 5.86. The number of aliphatic carboxylic acids is 1. The second-order valence-electron chi connectivity index (χ2n) is 7.32. The predicted molar refractivity (Wildman–Crippen MR) is 112 cm³/mol. The van der Waals surface area contributed by atoms with Gasteiger partial charge in [0, 0.05) is 22.0 Å². The lowest BCUT2D eigenvalue weighted by Crippen LogP contribution is -2.36. The van der Waals surface area contributed by atoms with Crippen LogP contribution in [0.2, 0.25) is 5.02 Å². The molecule has 152 valence electrons. The molecule has 2 aromatic carbocycles. The van der Waals surface area contributed by atoms with Gasteiger partial charge < -0.3 is 15.7 Å². The first-order valence-corrected chi connectivity index (χ1v) is 9.94. The molecule has 1 aliphatic carbocycles. The Morgan fingerprint density at radius 2 is 1.62 bits per heavy atom. The molecule has 1 saturated carbocycles. The summed E-state index contributed by atoms with van der Waals surface area (Å²) < 4.78 is 0. The predicted octanol–water partition coefficient (Wildman–Crippen LogP) is 4.73. The second kappa shape index (κ2) is 9.09. The van der Waals surface area contributed by atoms with Gasteiger partial charge in [-0.05, 0) is 61.7 Å². The fourth-order valence-electron chi connectivity index (χ4n) is 3.61. The molecule has 29 heavy (non-hydrogen) atoms. The maximum atomic E-state index is 12.7. The molecule has 0 saturated heterocycles. The molecule has 0 radical (unpaired) electrons. The topological polar surface area (TPSA) is 95.5 Å². The molecule has 1 fully saturated rings. The zero-order valence-electron chi connectivity index (χ0n) is 16.1. The highest BCUT2D eigenvalue weighted by Crippen LogP contribution is 2.32. The molecule has 0 aromatic heterocycles. The number of hydrogen-bond donors (Lipinski definition) is 3. The van der Waals surface area contributed by atoms with Crippen molar-refractivity contribution in [1.82, 2.24) is 0 Å². The first kappa shape index (κ1) is 20.9. The highest BCUT2D eigenvalue weighted by molar-refractivity contribution is 6.30. The fourth-order valence-corrected chi connectivity index (χ4v) is 3.73. The Balaban J connectivity index is 1.73. The lowest BCUT2D eigenvalue weighted by molar-refractivity contribution is -0.147. The number of hydrogen-bond acceptors (Lipinski definition) is 3. The van der Waals surface area contributed by atoms with Gasteiger partial charge in [-0.25, -0.2) is 0 Å². The van der Waals surface area contributed by atoms with E-state index in [9.17, 15) is 19.5 Å². The minimum absolute atomic E-state index is 0.286. The molecule has 3 N–H and O–H groups in total. The van der Waals surface area contributed by atoms with E-state index in [0.29, 0.717) is 34.8 Å². The van der Waals surface area contributed by atoms with Crippen molar-refractivity contribution in [1.29, 1.82) is 0 Å². The van der Waals surface area contributed by atoms with Gasteiger partial charge in [-0.15, -0.1) is 0 Å². The van der Waals surface area contributed by atoms with Crippen LogP contribution in [0, 0.1) is 18.8 Å². The number of carbonyl (C=O) groups excluding carboxylic acids is 2. The average molecular weight is 415 g/mol. The Bertz CT molecular complexity index is 927. The Hall–Kier alpha value is -2.86. The van der Waals surface area contributed by atoms with Crippen LogP contribution in [-0.4, -0.2) is 22.9 Å². The molecular formula is C22H23ClN2O4. The summed E-state index contributed by atoms with van der Waals surface area (Å²) in [5, 5.41) is 15.6. The SMILES string of the molecule is Cc1ccc(NC(=O)[C@H]2CCCC[C@H]2C(=O)O)cc1NC(=O)c1ccc(Cl)cc1. The van der Waals surface area contributed by atoms with Gasteiger partial charge in [0.25, 0.3) is 5.91 Å². The smallest absolute Gasteiger partial charge is 0.307 e. The van der Waals surface area contributed by atoms with E-state index >= 15 is 0 Å². The average Bonchev–Trinajstić information content (AvgIpc) is 2.70. The van der Waals surface area contributed by atoms with Gasteiger partial charge in [-0.1, -0.05) is 30.5 Å². The molecule has 0 spiro atoms. The standard InChI is InChI=1S/C22H23ClN2O4/c1-13-6-11-16(24-21(27)17-4-2-3-5-18(17)22(28)29)12-19(13)25-20(26)14-7-9-15(23)10-8-14/h6-12,17-18H,2-5H2,1H3,(H,24,27)(H,25,26)(H,28,29)/t17-,18+/m0/s1. The van der Waals surface area contributed by atoms with Crippen LogP contribution in [0.3, 0.4) is 0 Å². The Kier molecular flexibility index (Phi) is 6.54. The van der Waals surface area contributed by atoms with Crippen LogP contribution >= 0.6 is 11.6 Å². The first-order valence-electron chi connectivity index (χ1n) is 9.56. The molecule has 2 aromatic rings. The molecule has 3 rings (SSSR count). The van der Waals surface area contributed by atoms with Gasteiger partial charge in [0.2, 0.25) is 5.91 Å². The maximum absolute atomic E-state index is 12.7. The van der Waals surface area contributed by atoms with Crippen molar-refractivity contribution in [2.75, 3.05) is 10.6 Å². The summed E-state index contributed by atoms with van der Waals surface area (Å²) in [6, 6.07) is 11.8. The number of halogens is 1. The van der Waals surface area contributed by atoms with E-state index in [0.717, 1.165) is 18.4 Å². The monoisotopic (exact) mass is 414 g/mol. The summed E-state index contributed by atoms with van der Waals surface area (Å²) in [6.45, 7) is 1.85. The third kappa shape index (κ3) is 5.15. The molecule has 0 heterocycles. The largest absolute Gasteiger partial charge is 0.481 e. The highest BCUT2D eigenvalue weighted by atomic mass is 35.5. The van der Waals surface area contributed by atoms with Crippen molar-refractivity contribution in [2.45, 2.75) is 32.6 Å². The second-order valence-corrected chi connectivity index (χ2v) is 7.75. The highest BCUT2D eigenvalue weighted by Gasteiger charge is 2.35. The van der Waals surface area contributed by atoms with Crippen molar-refractivity contribution in [3.63, 3.8) is 0 Å². The van der Waals surface area contributed by atoms with Crippen molar-refractivity contribution in [3.05, 3.63) is 58.6 Å². The van der Waals surface area contributed by atoms with Gasteiger partial charge in [0.1, 0.15) is 0 Å². The Morgan fingerprint density at radius 3 is 2.28 bits per heavy atom. The molecular weight excluding hydrogens is 392 g/mol. The zero-order valence-corrected chi connectivity index (χ0v) is 16.8. The molecule has 6 nitrogen and oxygen atoms in total. The number of aryl methyl sites for hydroxylation is 1. The van der Waals surface area contributed by atoms with Crippen LogP contribution in [0.15, 0.2) is 42.5 Å². The first-order chi connectivity index (χ1) is 13.8. The molecule has 0 aliphatic heterocycles. The van der Waals surface area contributed by atoms with E-state index in [2.05, 4.69) is 10.6 Å². The normalized spacial score (nSPS) is 18.7. The number of carboxylic acid groups (broad SMARTS) is 1. The van der Waals surface area contributed by atoms with Crippen LogP contribution in [0.4, 0.5) is 11.4 Å². The zero-order chi connectivity index (χ0) is 21.0. The summed E-state index contributed by atoms with van der Waals surface area (Å²) in [4.78, 5) is 36.6.